The number of ether oxygens (including phenoxy) is 1. The molecule has 1 heterocycles. The molecule has 6 nitrogen and oxygen atoms in total. The predicted octanol–water partition coefficient (Wildman–Crippen LogP) is 2.14. The molecule has 2 amide bonds. The maximum atomic E-state index is 12.3. The van der Waals surface area contributed by atoms with E-state index in [1.807, 2.05) is 13.8 Å². The minimum absolute atomic E-state index is 0.129. The lowest BCUT2D eigenvalue weighted by atomic mass is 10.0. The Morgan fingerprint density at radius 2 is 2.04 bits per heavy atom. The van der Waals surface area contributed by atoms with Crippen molar-refractivity contribution in [1.29, 1.82) is 0 Å². The van der Waals surface area contributed by atoms with Gasteiger partial charge in [0, 0.05) is 19.1 Å². The van der Waals surface area contributed by atoms with E-state index in [4.69, 9.17) is 0 Å². The zero-order valence-electron chi connectivity index (χ0n) is 15.1. The summed E-state index contributed by atoms with van der Waals surface area (Å²) in [5, 5.41) is 5.55. The Labute approximate surface area is 140 Å². The molecule has 2 atom stereocenters. The van der Waals surface area contributed by atoms with Gasteiger partial charge in [-0.25, -0.2) is 4.79 Å². The average Bonchev–Trinajstić information content (AvgIpc) is 2.51. The van der Waals surface area contributed by atoms with Crippen LogP contribution in [-0.2, 0) is 9.53 Å². The first-order chi connectivity index (χ1) is 10.9. The van der Waals surface area contributed by atoms with Crippen LogP contribution in [0, 0.1) is 5.92 Å². The number of nitrogens with zero attached hydrogens (tertiary/aromatic N) is 1. The second-order valence-electron chi connectivity index (χ2n) is 6.84. The SMILES string of the molecule is COC(=O)NC(CC(C)C)C(=O)NCCCN1CCCCC1C. The first-order valence-corrected chi connectivity index (χ1v) is 8.80. The molecule has 2 unspecified atom stereocenters. The van der Waals surface area contributed by atoms with Crippen LogP contribution in [-0.4, -0.2) is 55.7 Å². The summed E-state index contributed by atoms with van der Waals surface area (Å²) in [4.78, 5) is 26.1. The smallest absolute Gasteiger partial charge is 0.407 e. The summed E-state index contributed by atoms with van der Waals surface area (Å²) in [7, 11) is 1.31. The monoisotopic (exact) mass is 327 g/mol. The third-order valence-corrected chi connectivity index (χ3v) is 4.36. The number of hydrogen-bond donors (Lipinski definition) is 2. The Kier molecular flexibility index (Phi) is 8.99. The van der Waals surface area contributed by atoms with Gasteiger partial charge < -0.3 is 20.3 Å². The van der Waals surface area contributed by atoms with Crippen LogP contribution in [0.1, 0.15) is 52.9 Å². The molecule has 0 aromatic rings. The zero-order valence-corrected chi connectivity index (χ0v) is 15.1. The summed E-state index contributed by atoms with van der Waals surface area (Å²) >= 11 is 0. The van der Waals surface area contributed by atoms with Crippen molar-refractivity contribution in [3.05, 3.63) is 0 Å². The highest BCUT2D eigenvalue weighted by molar-refractivity contribution is 5.85. The Hall–Kier alpha value is -1.30. The lowest BCUT2D eigenvalue weighted by Gasteiger charge is -2.33. The minimum atomic E-state index is -0.562. The van der Waals surface area contributed by atoms with Crippen LogP contribution in [0.5, 0.6) is 0 Å². The summed E-state index contributed by atoms with van der Waals surface area (Å²) in [6.07, 6.45) is 4.84. The van der Waals surface area contributed by atoms with Gasteiger partial charge in [-0.05, 0) is 45.1 Å². The normalized spacial score (nSPS) is 20.1. The van der Waals surface area contributed by atoms with E-state index < -0.39 is 12.1 Å². The Morgan fingerprint density at radius 1 is 1.30 bits per heavy atom. The van der Waals surface area contributed by atoms with Crippen molar-refractivity contribution in [3.63, 3.8) is 0 Å². The molecule has 0 spiro atoms. The fourth-order valence-electron chi connectivity index (χ4n) is 3.01. The number of alkyl carbamates (subject to hydrolysis) is 1. The molecule has 0 radical (unpaired) electrons. The van der Waals surface area contributed by atoms with Crippen molar-refractivity contribution in [1.82, 2.24) is 15.5 Å². The predicted molar refractivity (Wildman–Crippen MR) is 91.3 cm³/mol. The molecule has 1 aliphatic heterocycles. The molecule has 6 heteroatoms. The topological polar surface area (TPSA) is 70.7 Å². The van der Waals surface area contributed by atoms with E-state index in [0.29, 0.717) is 24.9 Å². The fraction of sp³-hybridized carbons (Fsp3) is 0.882. The fourth-order valence-corrected chi connectivity index (χ4v) is 3.01. The van der Waals surface area contributed by atoms with Crippen LogP contribution in [0.3, 0.4) is 0 Å². The van der Waals surface area contributed by atoms with Gasteiger partial charge in [0.25, 0.3) is 0 Å². The molecule has 0 aliphatic carbocycles. The lowest BCUT2D eigenvalue weighted by Crippen LogP contribution is -2.48. The van der Waals surface area contributed by atoms with Crippen LogP contribution in [0.15, 0.2) is 0 Å². The van der Waals surface area contributed by atoms with Gasteiger partial charge in [-0.1, -0.05) is 20.3 Å². The maximum absolute atomic E-state index is 12.3. The quantitative estimate of drug-likeness (QED) is 0.670. The summed E-state index contributed by atoms with van der Waals surface area (Å²) in [5.74, 6) is 0.188. The van der Waals surface area contributed by atoms with E-state index >= 15 is 0 Å². The van der Waals surface area contributed by atoms with Crippen molar-refractivity contribution in [2.75, 3.05) is 26.7 Å². The molecule has 134 valence electrons. The Balaban J connectivity index is 2.31. The number of hydrogen-bond acceptors (Lipinski definition) is 4. The van der Waals surface area contributed by atoms with E-state index in [1.54, 1.807) is 0 Å². The lowest BCUT2D eigenvalue weighted by molar-refractivity contribution is -0.123. The molecular formula is C17H33N3O3. The first-order valence-electron chi connectivity index (χ1n) is 8.80. The summed E-state index contributed by atoms with van der Waals surface area (Å²) in [6.45, 7) is 9.14. The second-order valence-corrected chi connectivity index (χ2v) is 6.84. The van der Waals surface area contributed by atoms with Crippen LogP contribution in [0.2, 0.25) is 0 Å². The molecule has 1 saturated heterocycles. The van der Waals surface area contributed by atoms with Crippen molar-refractivity contribution >= 4 is 12.0 Å². The first kappa shape index (κ1) is 19.7. The van der Waals surface area contributed by atoms with E-state index in [9.17, 15) is 9.59 Å². The number of piperidine rings is 1. The van der Waals surface area contributed by atoms with Gasteiger partial charge in [-0.2, -0.15) is 0 Å². The minimum Gasteiger partial charge on any atom is -0.453 e. The summed E-state index contributed by atoms with van der Waals surface area (Å²) < 4.78 is 4.59. The largest absolute Gasteiger partial charge is 0.453 e. The Morgan fingerprint density at radius 3 is 2.65 bits per heavy atom. The number of methoxy groups -OCH3 is 1. The zero-order chi connectivity index (χ0) is 17.2. The average molecular weight is 327 g/mol. The number of amides is 2. The van der Waals surface area contributed by atoms with Gasteiger partial charge in [0.15, 0.2) is 0 Å². The summed E-state index contributed by atoms with van der Waals surface area (Å²) in [5.41, 5.74) is 0. The molecule has 0 aromatic carbocycles. The van der Waals surface area contributed by atoms with Gasteiger partial charge in [0.1, 0.15) is 6.04 Å². The van der Waals surface area contributed by atoms with Gasteiger partial charge >= 0.3 is 6.09 Å². The van der Waals surface area contributed by atoms with Crippen LogP contribution in [0.4, 0.5) is 4.79 Å². The number of rotatable bonds is 8. The van der Waals surface area contributed by atoms with Crippen molar-refractivity contribution in [2.45, 2.75) is 65.0 Å². The van der Waals surface area contributed by atoms with Gasteiger partial charge in [-0.3, -0.25) is 4.79 Å². The number of nitrogens with one attached hydrogen (secondary N) is 2. The standard InChI is InChI=1S/C17H33N3O3/c1-13(2)12-15(19-17(22)23-4)16(21)18-9-7-11-20-10-6-5-8-14(20)3/h13-15H,5-12H2,1-4H3,(H,18,21)(H,19,22). The Bertz CT molecular complexity index is 374. The number of carbonyl (C=O) groups is 2. The highest BCUT2D eigenvalue weighted by Gasteiger charge is 2.22. The maximum Gasteiger partial charge on any atom is 0.407 e. The molecule has 0 bridgehead atoms. The van der Waals surface area contributed by atoms with E-state index in [0.717, 1.165) is 19.5 Å². The van der Waals surface area contributed by atoms with Gasteiger partial charge in [-0.15, -0.1) is 0 Å². The molecule has 1 rings (SSSR count). The molecule has 0 saturated carbocycles. The number of carbonyl (C=O) groups excluding carboxylic acids is 2. The third kappa shape index (κ3) is 7.68. The highest BCUT2D eigenvalue weighted by atomic mass is 16.5. The molecule has 1 aliphatic rings. The van der Waals surface area contributed by atoms with Crippen LogP contribution in [0.25, 0.3) is 0 Å². The van der Waals surface area contributed by atoms with Crippen molar-refractivity contribution in [2.24, 2.45) is 5.92 Å². The van der Waals surface area contributed by atoms with E-state index in [-0.39, 0.29) is 5.91 Å². The van der Waals surface area contributed by atoms with Crippen molar-refractivity contribution in [3.8, 4) is 0 Å². The van der Waals surface area contributed by atoms with Gasteiger partial charge in [0.2, 0.25) is 5.91 Å². The highest BCUT2D eigenvalue weighted by Crippen LogP contribution is 2.16. The van der Waals surface area contributed by atoms with Crippen LogP contribution < -0.4 is 10.6 Å². The summed E-state index contributed by atoms with van der Waals surface area (Å²) in [6, 6.07) is 0.116. The molecule has 2 N–H and O–H groups in total. The molecule has 1 fully saturated rings. The second kappa shape index (κ2) is 10.5. The van der Waals surface area contributed by atoms with Crippen molar-refractivity contribution < 1.29 is 14.3 Å². The van der Waals surface area contributed by atoms with E-state index in [2.05, 4.69) is 27.2 Å². The molecule has 23 heavy (non-hydrogen) atoms. The molecular weight excluding hydrogens is 294 g/mol. The van der Waals surface area contributed by atoms with Gasteiger partial charge in [0.05, 0.1) is 7.11 Å². The number of likely N-dealkylation sites (tertiary alicyclic amines) is 1. The molecule has 0 aromatic heterocycles. The van der Waals surface area contributed by atoms with Crippen LogP contribution >= 0.6 is 0 Å². The third-order valence-electron chi connectivity index (χ3n) is 4.36. The van der Waals surface area contributed by atoms with E-state index in [1.165, 1.54) is 26.4 Å².